The highest BCUT2D eigenvalue weighted by atomic mass is 35.5. The van der Waals surface area contributed by atoms with Gasteiger partial charge in [0.25, 0.3) is 0 Å². The molecule has 0 fully saturated rings. The normalized spacial score (nSPS) is 10.5. The maximum absolute atomic E-state index is 6.09. The van der Waals surface area contributed by atoms with Crippen LogP contribution in [0.5, 0.6) is 0 Å². The molecule has 0 radical (unpaired) electrons. The lowest BCUT2D eigenvalue weighted by Crippen LogP contribution is -2.02. The third-order valence-electron chi connectivity index (χ3n) is 2.46. The Labute approximate surface area is 109 Å². The van der Waals surface area contributed by atoms with E-state index in [4.69, 9.17) is 34.7 Å². The monoisotopic (exact) mass is 267 g/mol. The molecular weight excluding hydrogens is 257 g/mol. The van der Waals surface area contributed by atoms with E-state index in [1.807, 2.05) is 6.07 Å². The molecule has 3 nitrogen and oxygen atoms in total. The number of hydrogen-bond acceptors (Lipinski definition) is 3. The SMILES string of the molecule is Nc1ccc(Cc2c(Cl)cccc2Cl)c(N)n1. The van der Waals surface area contributed by atoms with Gasteiger partial charge in [-0.05, 0) is 29.3 Å². The summed E-state index contributed by atoms with van der Waals surface area (Å²) in [6, 6.07) is 8.93. The van der Waals surface area contributed by atoms with Crippen LogP contribution < -0.4 is 11.5 Å². The smallest absolute Gasteiger partial charge is 0.129 e. The summed E-state index contributed by atoms with van der Waals surface area (Å²) in [5.41, 5.74) is 13.0. The average molecular weight is 268 g/mol. The highest BCUT2D eigenvalue weighted by molar-refractivity contribution is 6.36. The highest BCUT2D eigenvalue weighted by Crippen LogP contribution is 2.28. The molecule has 0 aliphatic carbocycles. The molecular formula is C12H11Cl2N3. The maximum Gasteiger partial charge on any atom is 0.129 e. The minimum atomic E-state index is 0.400. The van der Waals surface area contributed by atoms with Crippen molar-refractivity contribution in [2.75, 3.05) is 11.5 Å². The van der Waals surface area contributed by atoms with E-state index in [-0.39, 0.29) is 0 Å². The van der Waals surface area contributed by atoms with Crippen molar-refractivity contribution in [3.63, 3.8) is 0 Å². The topological polar surface area (TPSA) is 64.9 Å². The third kappa shape index (κ3) is 2.62. The maximum atomic E-state index is 6.09. The van der Waals surface area contributed by atoms with Crippen LogP contribution in [0.2, 0.25) is 10.0 Å². The van der Waals surface area contributed by atoms with Crippen LogP contribution in [0, 0.1) is 0 Å². The minimum absolute atomic E-state index is 0.400. The van der Waals surface area contributed by atoms with Crippen molar-refractivity contribution in [3.05, 3.63) is 51.5 Å². The summed E-state index contributed by atoms with van der Waals surface area (Å²) >= 11 is 12.2. The summed E-state index contributed by atoms with van der Waals surface area (Å²) in [5.74, 6) is 0.803. The van der Waals surface area contributed by atoms with E-state index in [1.165, 1.54) is 0 Å². The Balaban J connectivity index is 2.38. The fourth-order valence-corrected chi connectivity index (χ4v) is 2.09. The summed E-state index contributed by atoms with van der Waals surface area (Å²) < 4.78 is 0. The Morgan fingerprint density at radius 2 is 1.65 bits per heavy atom. The van der Waals surface area contributed by atoms with E-state index in [1.54, 1.807) is 24.3 Å². The molecule has 17 heavy (non-hydrogen) atoms. The van der Waals surface area contributed by atoms with Crippen LogP contribution in [-0.2, 0) is 6.42 Å². The second-order valence-corrected chi connectivity index (χ2v) is 4.47. The zero-order valence-corrected chi connectivity index (χ0v) is 10.5. The zero-order valence-electron chi connectivity index (χ0n) is 8.95. The molecule has 0 spiro atoms. The van der Waals surface area contributed by atoms with Gasteiger partial charge in [0, 0.05) is 16.5 Å². The molecule has 1 aromatic heterocycles. The van der Waals surface area contributed by atoms with Gasteiger partial charge in [0.2, 0.25) is 0 Å². The lowest BCUT2D eigenvalue weighted by atomic mass is 10.1. The number of rotatable bonds is 2. The van der Waals surface area contributed by atoms with Crippen LogP contribution in [0.25, 0.3) is 0 Å². The first-order chi connectivity index (χ1) is 8.08. The van der Waals surface area contributed by atoms with Crippen molar-refractivity contribution in [1.29, 1.82) is 0 Å². The molecule has 0 unspecified atom stereocenters. The standard InChI is InChI=1S/C12H11Cl2N3/c13-9-2-1-3-10(14)8(9)6-7-4-5-11(15)17-12(7)16/h1-5H,6H2,(H4,15,16,17). The molecule has 0 saturated carbocycles. The summed E-state index contributed by atoms with van der Waals surface area (Å²) in [6.07, 6.45) is 0.539. The molecule has 5 heteroatoms. The van der Waals surface area contributed by atoms with E-state index in [9.17, 15) is 0 Å². The molecule has 0 saturated heterocycles. The first-order valence-corrected chi connectivity index (χ1v) is 5.77. The Kier molecular flexibility index (Phi) is 3.41. The van der Waals surface area contributed by atoms with Gasteiger partial charge in [0.1, 0.15) is 11.6 Å². The molecule has 0 aliphatic heterocycles. The molecule has 1 heterocycles. The second kappa shape index (κ2) is 4.82. The number of aromatic nitrogens is 1. The molecule has 0 amide bonds. The quantitative estimate of drug-likeness (QED) is 0.879. The molecule has 2 aromatic rings. The Hall–Kier alpha value is -1.45. The van der Waals surface area contributed by atoms with Gasteiger partial charge in [-0.15, -0.1) is 0 Å². The summed E-state index contributed by atoms with van der Waals surface area (Å²) in [5, 5.41) is 1.24. The number of hydrogen-bond donors (Lipinski definition) is 2. The number of halogens is 2. The number of benzene rings is 1. The highest BCUT2D eigenvalue weighted by Gasteiger charge is 2.09. The van der Waals surface area contributed by atoms with Crippen molar-refractivity contribution in [2.24, 2.45) is 0 Å². The zero-order chi connectivity index (χ0) is 12.4. The largest absolute Gasteiger partial charge is 0.384 e. The van der Waals surface area contributed by atoms with Crippen LogP contribution in [0.15, 0.2) is 30.3 Å². The predicted molar refractivity (Wildman–Crippen MR) is 72.3 cm³/mol. The van der Waals surface area contributed by atoms with Gasteiger partial charge in [-0.25, -0.2) is 4.98 Å². The average Bonchev–Trinajstić information content (AvgIpc) is 2.26. The molecule has 0 atom stereocenters. The fourth-order valence-electron chi connectivity index (χ4n) is 1.56. The Morgan fingerprint density at radius 1 is 1.00 bits per heavy atom. The number of anilines is 2. The second-order valence-electron chi connectivity index (χ2n) is 3.66. The number of pyridine rings is 1. The summed E-state index contributed by atoms with van der Waals surface area (Å²) in [6.45, 7) is 0. The summed E-state index contributed by atoms with van der Waals surface area (Å²) in [7, 11) is 0. The van der Waals surface area contributed by atoms with Gasteiger partial charge in [-0.2, -0.15) is 0 Å². The van der Waals surface area contributed by atoms with Crippen molar-refractivity contribution in [3.8, 4) is 0 Å². The van der Waals surface area contributed by atoms with Crippen molar-refractivity contribution >= 4 is 34.8 Å². The van der Waals surface area contributed by atoms with Gasteiger partial charge in [-0.3, -0.25) is 0 Å². The first kappa shape index (κ1) is 12.0. The van der Waals surface area contributed by atoms with Crippen LogP contribution in [0.4, 0.5) is 11.6 Å². The van der Waals surface area contributed by atoms with E-state index < -0.39 is 0 Å². The van der Waals surface area contributed by atoms with Crippen LogP contribution >= 0.6 is 23.2 Å². The van der Waals surface area contributed by atoms with E-state index in [0.717, 1.165) is 11.1 Å². The predicted octanol–water partition coefficient (Wildman–Crippen LogP) is 3.14. The minimum Gasteiger partial charge on any atom is -0.384 e. The number of nitrogens with zero attached hydrogens (tertiary/aromatic N) is 1. The van der Waals surface area contributed by atoms with Gasteiger partial charge >= 0.3 is 0 Å². The third-order valence-corrected chi connectivity index (χ3v) is 3.17. The lowest BCUT2D eigenvalue weighted by molar-refractivity contribution is 1.16. The van der Waals surface area contributed by atoms with Crippen LogP contribution in [0.3, 0.4) is 0 Å². The van der Waals surface area contributed by atoms with E-state index in [0.29, 0.717) is 28.1 Å². The van der Waals surface area contributed by atoms with E-state index in [2.05, 4.69) is 4.98 Å². The number of nitrogens with two attached hydrogens (primary N) is 2. The number of nitrogen functional groups attached to an aromatic ring is 2. The molecule has 2 rings (SSSR count). The Morgan fingerprint density at radius 3 is 2.24 bits per heavy atom. The molecule has 88 valence electrons. The van der Waals surface area contributed by atoms with Crippen molar-refractivity contribution in [2.45, 2.75) is 6.42 Å². The van der Waals surface area contributed by atoms with E-state index >= 15 is 0 Å². The van der Waals surface area contributed by atoms with Crippen LogP contribution in [0.1, 0.15) is 11.1 Å². The van der Waals surface area contributed by atoms with Crippen molar-refractivity contribution < 1.29 is 0 Å². The lowest BCUT2D eigenvalue weighted by Gasteiger charge is -2.09. The first-order valence-electron chi connectivity index (χ1n) is 5.01. The molecule has 1 aromatic carbocycles. The van der Waals surface area contributed by atoms with Crippen molar-refractivity contribution in [1.82, 2.24) is 4.98 Å². The van der Waals surface area contributed by atoms with Gasteiger partial charge in [0.05, 0.1) is 0 Å². The summed E-state index contributed by atoms with van der Waals surface area (Å²) in [4.78, 5) is 4.00. The molecule has 0 bridgehead atoms. The fraction of sp³-hybridized carbons (Fsp3) is 0.0833. The van der Waals surface area contributed by atoms with Gasteiger partial charge < -0.3 is 11.5 Å². The van der Waals surface area contributed by atoms with Crippen LogP contribution in [-0.4, -0.2) is 4.98 Å². The van der Waals surface area contributed by atoms with Gasteiger partial charge in [0.15, 0.2) is 0 Å². The molecule has 0 aliphatic rings. The molecule has 4 N–H and O–H groups in total. The van der Waals surface area contributed by atoms with Gasteiger partial charge in [-0.1, -0.05) is 35.3 Å². The Bertz CT molecular complexity index is 535.